The average Bonchev–Trinajstić information content (AvgIpc) is 2.27. The predicted molar refractivity (Wildman–Crippen MR) is 57.1 cm³/mol. The third kappa shape index (κ3) is 2.70. The molecule has 0 aliphatic heterocycles. The fraction of sp³-hybridized carbons (Fsp3) is 0.400. The highest BCUT2D eigenvalue weighted by Crippen LogP contribution is 2.28. The highest BCUT2D eigenvalue weighted by molar-refractivity contribution is 7.87. The summed E-state index contributed by atoms with van der Waals surface area (Å²) in [6.07, 6.45) is 2.40. The normalized spacial score (nSPS) is 16.1. The lowest BCUT2D eigenvalue weighted by Gasteiger charge is -2.15. The highest BCUT2D eigenvalue weighted by Gasteiger charge is 2.48. The molecule has 5 nitrogen and oxygen atoms in total. The maximum absolute atomic E-state index is 12.1. The highest BCUT2D eigenvalue weighted by atomic mass is 32.2. The smallest absolute Gasteiger partial charge is 0.355 e. The number of Topliss-reactive ketones (excluding diaryl/α,β-unsaturated/α-hetero) is 1. The molecule has 0 atom stereocenters. The first-order valence-electron chi connectivity index (χ1n) is 5.23. The largest absolute Gasteiger partial charge is 0.534 e. The maximum Gasteiger partial charge on any atom is 0.534 e. The lowest BCUT2D eigenvalue weighted by molar-refractivity contribution is -0.0501. The summed E-state index contributed by atoms with van der Waals surface area (Å²) in [6.45, 7) is 0. The fourth-order valence-electron chi connectivity index (χ4n) is 1.71. The van der Waals surface area contributed by atoms with Gasteiger partial charge in [-0.2, -0.15) is 21.6 Å². The Bertz CT molecular complexity index is 624. The van der Waals surface area contributed by atoms with E-state index in [9.17, 15) is 26.4 Å². The summed E-state index contributed by atoms with van der Waals surface area (Å²) in [5, 5.41) is 0. The summed E-state index contributed by atoms with van der Waals surface area (Å²) < 4.78 is 61.9. The molecule has 0 fully saturated rings. The predicted octanol–water partition coefficient (Wildman–Crippen LogP) is 1.83. The van der Waals surface area contributed by atoms with Gasteiger partial charge >= 0.3 is 15.6 Å². The lowest BCUT2D eigenvalue weighted by atomic mass is 9.92. The number of rotatable bonds is 2. The summed E-state index contributed by atoms with van der Waals surface area (Å²) in [5.41, 5.74) is -4.78. The van der Waals surface area contributed by atoms with Crippen LogP contribution in [0.15, 0.2) is 12.3 Å². The molecule has 1 aliphatic rings. The van der Waals surface area contributed by atoms with Crippen molar-refractivity contribution in [2.75, 3.05) is 0 Å². The van der Waals surface area contributed by atoms with Crippen LogP contribution in [0.1, 0.15) is 28.8 Å². The first-order chi connectivity index (χ1) is 8.71. The Balaban J connectivity index is 2.32. The second-order valence-electron chi connectivity index (χ2n) is 3.94. The Hall–Kier alpha value is -1.64. The van der Waals surface area contributed by atoms with E-state index in [1.54, 1.807) is 0 Å². The molecule has 0 aromatic carbocycles. The van der Waals surface area contributed by atoms with Crippen LogP contribution < -0.4 is 4.18 Å². The molecule has 9 heteroatoms. The summed E-state index contributed by atoms with van der Waals surface area (Å²) in [5.74, 6) is -0.857. The molecule has 104 valence electrons. The molecule has 0 saturated heterocycles. The number of hydrogen-bond acceptors (Lipinski definition) is 5. The Kier molecular flexibility index (Phi) is 3.25. The van der Waals surface area contributed by atoms with Gasteiger partial charge in [-0.25, -0.2) is 4.98 Å². The molecular formula is C10H8F3NO4S. The van der Waals surface area contributed by atoms with Crippen molar-refractivity contribution in [2.24, 2.45) is 0 Å². The van der Waals surface area contributed by atoms with Gasteiger partial charge in [-0.3, -0.25) is 4.79 Å². The quantitative estimate of drug-likeness (QED) is 0.614. The van der Waals surface area contributed by atoms with Crippen LogP contribution >= 0.6 is 0 Å². The Morgan fingerprint density at radius 2 is 1.95 bits per heavy atom. The van der Waals surface area contributed by atoms with Crippen molar-refractivity contribution >= 4 is 15.9 Å². The van der Waals surface area contributed by atoms with Gasteiger partial charge in [-0.15, -0.1) is 0 Å². The van der Waals surface area contributed by atoms with Crippen molar-refractivity contribution in [2.45, 2.75) is 24.8 Å². The first kappa shape index (κ1) is 13.8. The SMILES string of the molecule is O=C1CCCc2cc(OS(=O)(=O)C(F)(F)F)ncc21. The first-order valence-corrected chi connectivity index (χ1v) is 6.64. The van der Waals surface area contributed by atoms with Crippen LogP contribution in [0.3, 0.4) is 0 Å². The van der Waals surface area contributed by atoms with E-state index in [1.807, 2.05) is 0 Å². The van der Waals surface area contributed by atoms with Crippen molar-refractivity contribution in [3.8, 4) is 5.88 Å². The van der Waals surface area contributed by atoms with Gasteiger partial charge in [0.2, 0.25) is 5.88 Å². The van der Waals surface area contributed by atoms with Crippen molar-refractivity contribution in [3.63, 3.8) is 0 Å². The number of ketones is 1. The number of carbonyl (C=O) groups is 1. The Morgan fingerprint density at radius 3 is 2.58 bits per heavy atom. The van der Waals surface area contributed by atoms with Gasteiger partial charge in [0.15, 0.2) is 5.78 Å². The van der Waals surface area contributed by atoms with Gasteiger partial charge in [0, 0.05) is 24.2 Å². The minimum absolute atomic E-state index is 0.168. The molecule has 1 aliphatic carbocycles. The van der Waals surface area contributed by atoms with Crippen LogP contribution in [-0.2, 0) is 16.5 Å². The zero-order valence-electron chi connectivity index (χ0n) is 9.40. The molecular weight excluding hydrogens is 287 g/mol. The van der Waals surface area contributed by atoms with Crippen LogP contribution in [0.2, 0.25) is 0 Å². The number of nitrogens with zero attached hydrogens (tertiary/aromatic N) is 1. The minimum Gasteiger partial charge on any atom is -0.355 e. The number of pyridine rings is 1. The maximum atomic E-state index is 12.1. The van der Waals surface area contributed by atoms with E-state index in [-0.39, 0.29) is 5.78 Å². The van der Waals surface area contributed by atoms with E-state index in [0.29, 0.717) is 30.4 Å². The zero-order valence-corrected chi connectivity index (χ0v) is 10.2. The van der Waals surface area contributed by atoms with E-state index in [0.717, 1.165) is 12.3 Å². The van der Waals surface area contributed by atoms with Crippen molar-refractivity contribution in [1.82, 2.24) is 4.98 Å². The molecule has 0 radical (unpaired) electrons. The third-order valence-electron chi connectivity index (χ3n) is 2.59. The number of alkyl halides is 3. The van der Waals surface area contributed by atoms with E-state index in [2.05, 4.69) is 9.17 Å². The van der Waals surface area contributed by atoms with Crippen LogP contribution in [0.5, 0.6) is 5.88 Å². The Labute approximate surface area is 106 Å². The van der Waals surface area contributed by atoms with Gasteiger partial charge in [0.25, 0.3) is 0 Å². The molecule has 2 rings (SSSR count). The molecule has 0 N–H and O–H groups in total. The van der Waals surface area contributed by atoms with E-state index >= 15 is 0 Å². The monoisotopic (exact) mass is 295 g/mol. The Morgan fingerprint density at radius 1 is 1.26 bits per heavy atom. The number of hydrogen-bond donors (Lipinski definition) is 0. The van der Waals surface area contributed by atoms with E-state index in [1.165, 1.54) is 0 Å². The van der Waals surface area contributed by atoms with Gasteiger partial charge in [0.1, 0.15) is 0 Å². The summed E-state index contributed by atoms with van der Waals surface area (Å²) in [6, 6.07) is 1.05. The minimum atomic E-state index is -5.74. The molecule has 1 heterocycles. The molecule has 19 heavy (non-hydrogen) atoms. The van der Waals surface area contributed by atoms with Crippen LogP contribution in [-0.4, -0.2) is 24.7 Å². The summed E-state index contributed by atoms with van der Waals surface area (Å²) >= 11 is 0. The third-order valence-corrected chi connectivity index (χ3v) is 3.55. The second-order valence-corrected chi connectivity index (χ2v) is 5.48. The van der Waals surface area contributed by atoms with Crippen molar-refractivity contribution < 1.29 is 30.6 Å². The van der Waals surface area contributed by atoms with Crippen LogP contribution in [0.25, 0.3) is 0 Å². The summed E-state index contributed by atoms with van der Waals surface area (Å²) in [4.78, 5) is 14.9. The van der Waals surface area contributed by atoms with Gasteiger partial charge < -0.3 is 4.18 Å². The molecule has 0 saturated carbocycles. The van der Waals surface area contributed by atoms with Crippen LogP contribution in [0.4, 0.5) is 13.2 Å². The van der Waals surface area contributed by atoms with Gasteiger partial charge in [-0.1, -0.05) is 0 Å². The fourth-order valence-corrected chi connectivity index (χ4v) is 2.12. The van der Waals surface area contributed by atoms with E-state index in [4.69, 9.17) is 0 Å². The number of aromatic nitrogens is 1. The van der Waals surface area contributed by atoms with Gasteiger partial charge in [-0.05, 0) is 18.4 Å². The molecule has 0 unspecified atom stereocenters. The lowest BCUT2D eigenvalue weighted by Crippen LogP contribution is -2.28. The van der Waals surface area contributed by atoms with Gasteiger partial charge in [0.05, 0.1) is 0 Å². The number of carbonyl (C=O) groups excluding carboxylic acids is 1. The average molecular weight is 295 g/mol. The summed E-state index contributed by atoms with van der Waals surface area (Å²) in [7, 11) is -5.74. The second kappa shape index (κ2) is 4.48. The molecule has 0 spiro atoms. The molecule has 0 amide bonds. The molecule has 1 aromatic rings. The van der Waals surface area contributed by atoms with E-state index < -0.39 is 21.5 Å². The molecule has 0 bridgehead atoms. The number of aryl methyl sites for hydroxylation is 1. The van der Waals surface area contributed by atoms with Crippen molar-refractivity contribution in [3.05, 3.63) is 23.4 Å². The topological polar surface area (TPSA) is 73.3 Å². The van der Waals surface area contributed by atoms with Crippen LogP contribution in [0, 0.1) is 0 Å². The molecule has 1 aromatic heterocycles. The standard InChI is InChI=1S/C10H8F3NO4S/c11-10(12,13)19(16,17)18-9-4-6-2-1-3-8(15)7(6)5-14-9/h4-5H,1-3H2. The zero-order chi connectivity index (χ0) is 14.3. The number of halogens is 3. The van der Waals surface area contributed by atoms with Crippen molar-refractivity contribution in [1.29, 1.82) is 0 Å². The number of fused-ring (bicyclic) bond motifs is 1.